The van der Waals surface area contributed by atoms with E-state index in [9.17, 15) is 4.79 Å². The second-order valence-corrected chi connectivity index (χ2v) is 5.09. The quantitative estimate of drug-likeness (QED) is 0.703. The Labute approximate surface area is 104 Å². The molecule has 0 spiro atoms. The lowest BCUT2D eigenvalue weighted by atomic mass is 9.91. The minimum atomic E-state index is -0.633. The molecule has 100 valence electrons. The van der Waals surface area contributed by atoms with Gasteiger partial charge in [0.2, 0.25) is 0 Å². The first-order valence-corrected chi connectivity index (χ1v) is 6.22. The number of nitrogens with one attached hydrogen (secondary N) is 2. The Morgan fingerprint density at radius 1 is 1.47 bits per heavy atom. The molecule has 1 aliphatic heterocycles. The van der Waals surface area contributed by atoms with E-state index in [2.05, 4.69) is 15.5 Å². The number of hydrogen-bond donors (Lipinski definition) is 2. The number of piperidine rings is 1. The van der Waals surface area contributed by atoms with Crippen LogP contribution in [-0.2, 0) is 9.53 Å². The van der Waals surface area contributed by atoms with Gasteiger partial charge in [0.05, 0.1) is 0 Å². The SMILES string of the molecule is COC1(C(=O)NC(C)CN(C)C)CCNCC1. The van der Waals surface area contributed by atoms with Gasteiger partial charge in [0, 0.05) is 19.7 Å². The molecule has 0 aromatic heterocycles. The first-order chi connectivity index (χ1) is 8.00. The van der Waals surface area contributed by atoms with Crippen molar-refractivity contribution in [3.8, 4) is 0 Å². The topological polar surface area (TPSA) is 53.6 Å². The molecule has 2 N–H and O–H groups in total. The highest BCUT2D eigenvalue weighted by Gasteiger charge is 2.39. The number of carbonyl (C=O) groups excluding carboxylic acids is 1. The number of carbonyl (C=O) groups is 1. The normalized spacial score (nSPS) is 21.2. The second kappa shape index (κ2) is 6.33. The molecule has 1 unspecified atom stereocenters. The van der Waals surface area contributed by atoms with Gasteiger partial charge in [-0.2, -0.15) is 0 Å². The van der Waals surface area contributed by atoms with Gasteiger partial charge in [-0.05, 0) is 47.0 Å². The predicted octanol–water partition coefficient (Wildman–Crippen LogP) is -0.179. The summed E-state index contributed by atoms with van der Waals surface area (Å²) in [5.74, 6) is 0.0239. The molecular weight excluding hydrogens is 218 g/mol. The summed E-state index contributed by atoms with van der Waals surface area (Å²) in [6.07, 6.45) is 1.48. The van der Waals surface area contributed by atoms with E-state index in [1.807, 2.05) is 21.0 Å². The Kier molecular flexibility index (Phi) is 5.36. The maximum Gasteiger partial charge on any atom is 0.252 e. The zero-order valence-corrected chi connectivity index (χ0v) is 11.4. The molecule has 1 amide bonds. The van der Waals surface area contributed by atoms with Crippen LogP contribution in [0.3, 0.4) is 0 Å². The zero-order chi connectivity index (χ0) is 12.9. The van der Waals surface area contributed by atoms with Crippen molar-refractivity contribution in [2.45, 2.75) is 31.4 Å². The van der Waals surface area contributed by atoms with E-state index in [0.29, 0.717) is 0 Å². The van der Waals surface area contributed by atoms with Crippen molar-refractivity contribution in [3.05, 3.63) is 0 Å². The Morgan fingerprint density at radius 3 is 2.53 bits per heavy atom. The van der Waals surface area contributed by atoms with Gasteiger partial charge in [-0.3, -0.25) is 4.79 Å². The summed E-state index contributed by atoms with van der Waals surface area (Å²) in [5.41, 5.74) is -0.633. The van der Waals surface area contributed by atoms with Crippen LogP contribution in [0.25, 0.3) is 0 Å². The van der Waals surface area contributed by atoms with Crippen molar-refractivity contribution in [1.29, 1.82) is 0 Å². The van der Waals surface area contributed by atoms with Gasteiger partial charge in [-0.15, -0.1) is 0 Å². The first kappa shape index (κ1) is 14.4. The molecular formula is C12H25N3O2. The van der Waals surface area contributed by atoms with Crippen LogP contribution in [0.2, 0.25) is 0 Å². The number of nitrogens with zero attached hydrogens (tertiary/aromatic N) is 1. The second-order valence-electron chi connectivity index (χ2n) is 5.09. The Balaban J connectivity index is 2.54. The van der Waals surface area contributed by atoms with Crippen LogP contribution in [0.4, 0.5) is 0 Å². The highest BCUT2D eigenvalue weighted by molar-refractivity contribution is 5.85. The highest BCUT2D eigenvalue weighted by atomic mass is 16.5. The van der Waals surface area contributed by atoms with Crippen LogP contribution >= 0.6 is 0 Å². The molecule has 1 aliphatic rings. The van der Waals surface area contributed by atoms with Gasteiger partial charge in [0.1, 0.15) is 5.60 Å². The van der Waals surface area contributed by atoms with Crippen molar-refractivity contribution in [2.24, 2.45) is 0 Å². The maximum absolute atomic E-state index is 12.3. The number of methoxy groups -OCH3 is 1. The van der Waals surface area contributed by atoms with Crippen molar-refractivity contribution >= 4 is 5.91 Å². The third-order valence-electron chi connectivity index (χ3n) is 3.23. The van der Waals surface area contributed by atoms with E-state index < -0.39 is 5.60 Å². The molecule has 0 aliphatic carbocycles. The zero-order valence-electron chi connectivity index (χ0n) is 11.4. The Bertz CT molecular complexity index is 250. The number of rotatable bonds is 5. The van der Waals surface area contributed by atoms with E-state index in [1.54, 1.807) is 7.11 Å². The minimum absolute atomic E-state index is 0.0239. The summed E-state index contributed by atoms with van der Waals surface area (Å²) < 4.78 is 5.48. The number of ether oxygens (including phenoxy) is 1. The third kappa shape index (κ3) is 3.94. The number of hydrogen-bond acceptors (Lipinski definition) is 4. The van der Waals surface area contributed by atoms with E-state index in [4.69, 9.17) is 4.74 Å². The molecule has 5 heteroatoms. The summed E-state index contributed by atoms with van der Waals surface area (Å²) in [4.78, 5) is 14.3. The summed E-state index contributed by atoms with van der Waals surface area (Å²) in [5, 5.41) is 6.29. The minimum Gasteiger partial charge on any atom is -0.368 e. The molecule has 0 aromatic rings. The predicted molar refractivity (Wildman–Crippen MR) is 68.0 cm³/mol. The summed E-state index contributed by atoms with van der Waals surface area (Å²) in [6, 6.07) is 0.138. The van der Waals surface area contributed by atoms with Gasteiger partial charge in [-0.25, -0.2) is 0 Å². The Hall–Kier alpha value is -0.650. The summed E-state index contributed by atoms with van der Waals surface area (Å²) in [6.45, 7) is 4.53. The molecule has 1 rings (SSSR count). The van der Waals surface area contributed by atoms with Crippen LogP contribution in [0, 0.1) is 0 Å². The lowest BCUT2D eigenvalue weighted by molar-refractivity contribution is -0.147. The molecule has 0 aromatic carbocycles. The molecule has 0 bridgehead atoms. The average molecular weight is 243 g/mol. The fourth-order valence-electron chi connectivity index (χ4n) is 2.30. The number of amides is 1. The van der Waals surface area contributed by atoms with Crippen molar-refractivity contribution < 1.29 is 9.53 Å². The molecule has 17 heavy (non-hydrogen) atoms. The Morgan fingerprint density at radius 2 is 2.06 bits per heavy atom. The molecule has 0 radical (unpaired) electrons. The standard InChI is InChI=1S/C12H25N3O2/c1-10(9-15(2)3)14-11(16)12(17-4)5-7-13-8-6-12/h10,13H,5-9H2,1-4H3,(H,14,16). The van der Waals surface area contributed by atoms with Crippen molar-refractivity contribution in [1.82, 2.24) is 15.5 Å². The molecule has 1 atom stereocenters. The van der Waals surface area contributed by atoms with Gasteiger partial charge in [0.15, 0.2) is 0 Å². The largest absolute Gasteiger partial charge is 0.368 e. The molecule has 1 saturated heterocycles. The lowest BCUT2D eigenvalue weighted by Crippen LogP contribution is -2.56. The van der Waals surface area contributed by atoms with Crippen LogP contribution in [0.5, 0.6) is 0 Å². The fourth-order valence-corrected chi connectivity index (χ4v) is 2.30. The smallest absolute Gasteiger partial charge is 0.252 e. The van der Waals surface area contributed by atoms with E-state index >= 15 is 0 Å². The fraction of sp³-hybridized carbons (Fsp3) is 0.917. The number of likely N-dealkylation sites (N-methyl/N-ethyl adjacent to an activating group) is 1. The highest BCUT2D eigenvalue weighted by Crippen LogP contribution is 2.22. The van der Waals surface area contributed by atoms with Gasteiger partial charge >= 0.3 is 0 Å². The van der Waals surface area contributed by atoms with Crippen molar-refractivity contribution in [3.63, 3.8) is 0 Å². The average Bonchev–Trinajstić information content (AvgIpc) is 2.28. The van der Waals surface area contributed by atoms with E-state index in [1.165, 1.54) is 0 Å². The molecule has 0 saturated carbocycles. The molecule has 5 nitrogen and oxygen atoms in total. The van der Waals surface area contributed by atoms with E-state index in [0.717, 1.165) is 32.5 Å². The van der Waals surface area contributed by atoms with Gasteiger partial charge < -0.3 is 20.3 Å². The first-order valence-electron chi connectivity index (χ1n) is 6.22. The molecule has 1 fully saturated rings. The maximum atomic E-state index is 12.3. The van der Waals surface area contributed by atoms with Crippen LogP contribution < -0.4 is 10.6 Å². The van der Waals surface area contributed by atoms with Crippen LogP contribution in [-0.4, -0.2) is 63.3 Å². The molecule has 1 heterocycles. The summed E-state index contributed by atoms with van der Waals surface area (Å²) >= 11 is 0. The monoisotopic (exact) mass is 243 g/mol. The lowest BCUT2D eigenvalue weighted by Gasteiger charge is -2.36. The third-order valence-corrected chi connectivity index (χ3v) is 3.23. The van der Waals surface area contributed by atoms with Crippen LogP contribution in [0.1, 0.15) is 19.8 Å². The van der Waals surface area contributed by atoms with Crippen molar-refractivity contribution in [2.75, 3.05) is 40.8 Å². The van der Waals surface area contributed by atoms with Gasteiger partial charge in [-0.1, -0.05) is 0 Å². The van der Waals surface area contributed by atoms with Crippen LogP contribution in [0.15, 0.2) is 0 Å². The van der Waals surface area contributed by atoms with E-state index in [-0.39, 0.29) is 11.9 Å². The van der Waals surface area contributed by atoms with Gasteiger partial charge in [0.25, 0.3) is 5.91 Å². The summed E-state index contributed by atoms with van der Waals surface area (Å²) in [7, 11) is 5.63.